The molecule has 2 aromatic carbocycles. The van der Waals surface area contributed by atoms with Gasteiger partial charge in [-0.3, -0.25) is 4.79 Å². The van der Waals surface area contributed by atoms with Gasteiger partial charge in [-0.05, 0) is 62.1 Å². The van der Waals surface area contributed by atoms with Crippen LogP contribution < -0.4 is 0 Å². The van der Waals surface area contributed by atoms with Gasteiger partial charge in [0, 0.05) is 16.5 Å². The van der Waals surface area contributed by atoms with Gasteiger partial charge in [0.2, 0.25) is 0 Å². The standard InChI is InChI=1S/C22H20FNO/c1-22(2)13-12-16-5-3-6-18-20(15-8-10-17(23)11-9-15)19(7-4-14-25)24(22)21(16)18/h3-11,14H,12-13H2,1-2H3/b7-4+. The summed E-state index contributed by atoms with van der Waals surface area (Å²) in [7, 11) is 0. The molecule has 0 spiro atoms. The normalized spacial score (nSPS) is 15.8. The van der Waals surface area contributed by atoms with Crippen LogP contribution >= 0.6 is 0 Å². The van der Waals surface area contributed by atoms with Gasteiger partial charge in [0.1, 0.15) is 12.1 Å². The highest BCUT2D eigenvalue weighted by Gasteiger charge is 2.32. The topological polar surface area (TPSA) is 22.0 Å². The molecule has 3 aromatic rings. The smallest absolute Gasteiger partial charge is 0.142 e. The highest BCUT2D eigenvalue weighted by molar-refractivity contribution is 6.03. The van der Waals surface area contributed by atoms with Crippen molar-refractivity contribution in [3.05, 3.63) is 65.6 Å². The minimum atomic E-state index is -0.247. The second-order valence-electron chi connectivity index (χ2n) is 7.22. The highest BCUT2D eigenvalue weighted by Crippen LogP contribution is 2.44. The Morgan fingerprint density at radius 3 is 2.60 bits per heavy atom. The second kappa shape index (κ2) is 5.69. The van der Waals surface area contributed by atoms with Crippen LogP contribution in [0.2, 0.25) is 0 Å². The third-order valence-corrected chi connectivity index (χ3v) is 5.19. The molecular weight excluding hydrogens is 313 g/mol. The Labute approximate surface area is 146 Å². The van der Waals surface area contributed by atoms with Crippen molar-refractivity contribution in [3.8, 4) is 11.1 Å². The first-order valence-electron chi connectivity index (χ1n) is 8.57. The van der Waals surface area contributed by atoms with E-state index in [0.29, 0.717) is 0 Å². The lowest BCUT2D eigenvalue weighted by atomic mass is 9.90. The summed E-state index contributed by atoms with van der Waals surface area (Å²) in [5.41, 5.74) is 5.53. The van der Waals surface area contributed by atoms with Crippen molar-refractivity contribution in [2.45, 2.75) is 32.2 Å². The van der Waals surface area contributed by atoms with E-state index in [4.69, 9.17) is 0 Å². The molecule has 1 aliphatic rings. The second-order valence-corrected chi connectivity index (χ2v) is 7.22. The van der Waals surface area contributed by atoms with Crippen LogP contribution in [0.15, 0.2) is 48.5 Å². The zero-order valence-electron chi connectivity index (χ0n) is 14.4. The van der Waals surface area contributed by atoms with Crippen molar-refractivity contribution in [1.29, 1.82) is 0 Å². The monoisotopic (exact) mass is 333 g/mol. The first-order chi connectivity index (χ1) is 12.0. The number of aromatic nitrogens is 1. The molecule has 2 heterocycles. The van der Waals surface area contributed by atoms with Crippen LogP contribution in [0.3, 0.4) is 0 Å². The molecule has 0 bridgehead atoms. The van der Waals surface area contributed by atoms with Gasteiger partial charge in [-0.15, -0.1) is 0 Å². The van der Waals surface area contributed by atoms with Crippen molar-refractivity contribution in [2.24, 2.45) is 0 Å². The number of halogens is 1. The number of nitrogens with zero attached hydrogens (tertiary/aromatic N) is 1. The number of aldehydes is 1. The van der Waals surface area contributed by atoms with Crippen LogP contribution in [0, 0.1) is 5.82 Å². The first kappa shape index (κ1) is 15.8. The Morgan fingerprint density at radius 2 is 1.88 bits per heavy atom. The molecule has 0 atom stereocenters. The lowest BCUT2D eigenvalue weighted by Gasteiger charge is -2.34. The summed E-state index contributed by atoms with van der Waals surface area (Å²) in [5.74, 6) is -0.247. The van der Waals surface area contributed by atoms with Crippen molar-refractivity contribution in [2.75, 3.05) is 0 Å². The highest BCUT2D eigenvalue weighted by atomic mass is 19.1. The molecule has 1 aromatic heterocycles. The van der Waals surface area contributed by atoms with Gasteiger partial charge in [0.15, 0.2) is 0 Å². The van der Waals surface area contributed by atoms with E-state index >= 15 is 0 Å². The van der Waals surface area contributed by atoms with Crippen LogP contribution in [-0.4, -0.2) is 10.9 Å². The molecule has 0 amide bonds. The van der Waals surface area contributed by atoms with Crippen LogP contribution in [0.25, 0.3) is 28.1 Å². The predicted octanol–water partition coefficient (Wildman–Crippen LogP) is 5.34. The fourth-order valence-electron chi connectivity index (χ4n) is 4.02. The quantitative estimate of drug-likeness (QED) is 0.468. The van der Waals surface area contributed by atoms with Gasteiger partial charge in [0.25, 0.3) is 0 Å². The first-order valence-corrected chi connectivity index (χ1v) is 8.57. The molecule has 0 aliphatic carbocycles. The van der Waals surface area contributed by atoms with Crippen LogP contribution in [0.4, 0.5) is 4.39 Å². The fourth-order valence-corrected chi connectivity index (χ4v) is 4.02. The van der Waals surface area contributed by atoms with E-state index in [-0.39, 0.29) is 11.4 Å². The number of benzene rings is 2. The van der Waals surface area contributed by atoms with Gasteiger partial charge in [-0.2, -0.15) is 0 Å². The molecule has 0 saturated heterocycles. The van der Waals surface area contributed by atoms with E-state index in [2.05, 4.69) is 36.6 Å². The Morgan fingerprint density at radius 1 is 1.12 bits per heavy atom. The number of para-hydroxylation sites is 1. The summed E-state index contributed by atoms with van der Waals surface area (Å²) >= 11 is 0. The Kier molecular flexibility index (Phi) is 3.60. The molecule has 0 unspecified atom stereocenters. The zero-order chi connectivity index (χ0) is 17.6. The molecule has 4 rings (SSSR count). The van der Waals surface area contributed by atoms with Gasteiger partial charge < -0.3 is 4.57 Å². The predicted molar refractivity (Wildman–Crippen MR) is 100 cm³/mol. The summed E-state index contributed by atoms with van der Waals surface area (Å²) < 4.78 is 15.8. The summed E-state index contributed by atoms with van der Waals surface area (Å²) in [6, 6.07) is 13.0. The van der Waals surface area contributed by atoms with Crippen molar-refractivity contribution in [1.82, 2.24) is 4.57 Å². The average Bonchev–Trinajstić information content (AvgIpc) is 2.94. The average molecular weight is 333 g/mol. The third-order valence-electron chi connectivity index (χ3n) is 5.19. The van der Waals surface area contributed by atoms with Gasteiger partial charge in [0.05, 0.1) is 11.2 Å². The summed E-state index contributed by atoms with van der Waals surface area (Å²) in [6.07, 6.45) is 6.29. The number of hydrogen-bond donors (Lipinski definition) is 0. The molecule has 25 heavy (non-hydrogen) atoms. The van der Waals surface area contributed by atoms with Crippen molar-refractivity contribution < 1.29 is 9.18 Å². The van der Waals surface area contributed by atoms with E-state index in [0.717, 1.165) is 41.3 Å². The minimum Gasteiger partial charge on any atom is -0.335 e. The maximum absolute atomic E-state index is 13.4. The van der Waals surface area contributed by atoms with Gasteiger partial charge in [-0.25, -0.2) is 4.39 Å². The molecule has 1 aliphatic heterocycles. The lowest BCUT2D eigenvalue weighted by molar-refractivity contribution is -0.104. The Bertz CT molecular complexity index is 993. The SMILES string of the molecule is CC1(C)CCc2cccc3c(-c4ccc(F)cc4)c(/C=C/C=O)n1c23. The van der Waals surface area contributed by atoms with Gasteiger partial charge >= 0.3 is 0 Å². The van der Waals surface area contributed by atoms with E-state index in [1.54, 1.807) is 0 Å². The fraction of sp³-hybridized carbons (Fsp3) is 0.227. The third kappa shape index (κ3) is 2.42. The molecule has 0 N–H and O–H groups in total. The van der Waals surface area contributed by atoms with Crippen LogP contribution in [0.1, 0.15) is 31.5 Å². The van der Waals surface area contributed by atoms with Crippen molar-refractivity contribution in [3.63, 3.8) is 0 Å². The molecule has 0 fully saturated rings. The molecule has 126 valence electrons. The Balaban J connectivity index is 2.15. The molecular formula is C22H20FNO. The lowest BCUT2D eigenvalue weighted by Crippen LogP contribution is -2.31. The summed E-state index contributed by atoms with van der Waals surface area (Å²) in [4.78, 5) is 11.0. The van der Waals surface area contributed by atoms with Crippen LogP contribution in [-0.2, 0) is 16.8 Å². The zero-order valence-corrected chi connectivity index (χ0v) is 14.4. The molecule has 2 nitrogen and oxygen atoms in total. The van der Waals surface area contributed by atoms with Crippen molar-refractivity contribution >= 4 is 23.3 Å². The molecule has 3 heteroatoms. The van der Waals surface area contributed by atoms with Crippen LogP contribution in [0.5, 0.6) is 0 Å². The summed E-state index contributed by atoms with van der Waals surface area (Å²) in [6.45, 7) is 4.46. The largest absolute Gasteiger partial charge is 0.335 e. The molecule has 0 radical (unpaired) electrons. The number of carbonyl (C=O) groups is 1. The van der Waals surface area contributed by atoms with E-state index in [1.807, 2.05) is 18.2 Å². The maximum Gasteiger partial charge on any atom is 0.142 e. The Hall–Kier alpha value is -2.68. The van der Waals surface area contributed by atoms with E-state index in [9.17, 15) is 9.18 Å². The summed E-state index contributed by atoms with van der Waals surface area (Å²) in [5, 5.41) is 1.16. The minimum absolute atomic E-state index is 0.0482. The number of carbonyl (C=O) groups excluding carboxylic acids is 1. The number of aryl methyl sites for hydroxylation is 1. The van der Waals surface area contributed by atoms with E-state index < -0.39 is 0 Å². The van der Waals surface area contributed by atoms with Gasteiger partial charge in [-0.1, -0.05) is 30.3 Å². The number of rotatable bonds is 3. The maximum atomic E-state index is 13.4. The van der Waals surface area contributed by atoms with E-state index in [1.165, 1.54) is 29.3 Å². The number of allylic oxidation sites excluding steroid dienone is 1. The number of hydrogen-bond acceptors (Lipinski definition) is 1. The molecule has 0 saturated carbocycles.